The summed E-state index contributed by atoms with van der Waals surface area (Å²) in [7, 11) is 7.80. The first-order valence-corrected chi connectivity index (χ1v) is 26.7. The second-order valence-electron chi connectivity index (χ2n) is 19.2. The van der Waals surface area contributed by atoms with Crippen molar-refractivity contribution < 1.29 is 38.5 Å². The van der Waals surface area contributed by atoms with Gasteiger partial charge < -0.3 is 39.8 Å². The maximum atomic E-state index is 12.6. The number of anilines is 4. The van der Waals surface area contributed by atoms with Gasteiger partial charge in [0.15, 0.2) is 11.6 Å². The van der Waals surface area contributed by atoms with E-state index in [0.29, 0.717) is 87.8 Å². The molecule has 0 spiro atoms. The van der Waals surface area contributed by atoms with E-state index in [1.165, 1.54) is 0 Å². The molecule has 0 bridgehead atoms. The van der Waals surface area contributed by atoms with E-state index in [0.717, 1.165) is 61.7 Å². The Morgan fingerprint density at radius 1 is 0.619 bits per heavy atom. The van der Waals surface area contributed by atoms with Crippen LogP contribution in [-0.4, -0.2) is 100 Å². The Hall–Kier alpha value is -9.82. The number of hydrogen-bond donors (Lipinski definition) is 3. The van der Waals surface area contributed by atoms with Gasteiger partial charge in [-0.2, -0.15) is 10.5 Å². The molecule has 428 valence electrons. The number of aliphatic carboxylic acids is 1. The van der Waals surface area contributed by atoms with Crippen molar-refractivity contribution >= 4 is 91.8 Å². The molecule has 4 aromatic heterocycles. The third-order valence-electron chi connectivity index (χ3n) is 12.1. The lowest BCUT2D eigenvalue weighted by molar-refractivity contribution is -0.131. The van der Waals surface area contributed by atoms with E-state index in [1.807, 2.05) is 137 Å². The molecule has 3 N–H and O–H groups in total. The third-order valence-corrected chi connectivity index (χ3v) is 12.7. The number of ketones is 2. The number of fused-ring (bicyclic) bond motifs is 2. The minimum Gasteiger partial charge on any atom is -0.486 e. The summed E-state index contributed by atoms with van der Waals surface area (Å²) in [5.74, 6) is -0.0576. The van der Waals surface area contributed by atoms with Crippen LogP contribution < -0.4 is 20.1 Å². The van der Waals surface area contributed by atoms with Crippen molar-refractivity contribution in [3.05, 3.63) is 213 Å². The average Bonchev–Trinajstić information content (AvgIpc) is 2.12. The van der Waals surface area contributed by atoms with Gasteiger partial charge in [-0.05, 0) is 161 Å². The second-order valence-corrected chi connectivity index (χ2v) is 20.0. The predicted octanol–water partition coefficient (Wildman–Crippen LogP) is 11.8. The first-order chi connectivity index (χ1) is 40.4. The summed E-state index contributed by atoms with van der Waals surface area (Å²) in [4.78, 5) is 65.5. The number of carbonyl (C=O) groups is 4. The molecular formula is C64H60Cl2N10O8. The molecule has 4 aromatic carbocycles. The molecule has 18 nitrogen and oxygen atoms in total. The van der Waals surface area contributed by atoms with Gasteiger partial charge in [-0.1, -0.05) is 47.5 Å². The van der Waals surface area contributed by atoms with Gasteiger partial charge in [0.2, 0.25) is 0 Å². The van der Waals surface area contributed by atoms with E-state index >= 15 is 0 Å². The van der Waals surface area contributed by atoms with E-state index < -0.39 is 5.97 Å². The number of allylic oxidation sites excluding steroid dienone is 2. The summed E-state index contributed by atoms with van der Waals surface area (Å²) < 4.78 is 15.6. The average molecular weight is 1170 g/mol. The molecule has 0 aliphatic rings. The van der Waals surface area contributed by atoms with Crippen molar-refractivity contribution in [2.45, 2.75) is 39.9 Å². The lowest BCUT2D eigenvalue weighted by Gasteiger charge is -2.15. The topological polar surface area (TPSA) is 246 Å². The molecule has 0 amide bonds. The number of nitrogens with zero attached hydrogens (tertiary/aromatic N) is 8. The monoisotopic (exact) mass is 1170 g/mol. The van der Waals surface area contributed by atoms with Gasteiger partial charge in [-0.3, -0.25) is 34.3 Å². The van der Waals surface area contributed by atoms with Gasteiger partial charge >= 0.3 is 5.97 Å². The number of nitriles is 2. The van der Waals surface area contributed by atoms with Crippen molar-refractivity contribution in [3.63, 3.8) is 0 Å². The molecule has 8 rings (SSSR count). The summed E-state index contributed by atoms with van der Waals surface area (Å²) in [6, 6.07) is 34.1. The number of benzene rings is 4. The molecule has 84 heavy (non-hydrogen) atoms. The minimum atomic E-state index is -1.15. The summed E-state index contributed by atoms with van der Waals surface area (Å²) >= 11 is 13.0. The molecule has 0 saturated carbocycles. The Bertz CT molecular complexity index is 3570. The van der Waals surface area contributed by atoms with Crippen molar-refractivity contribution in [3.8, 4) is 23.6 Å². The van der Waals surface area contributed by atoms with E-state index in [4.69, 9.17) is 37.8 Å². The maximum absolute atomic E-state index is 12.6. The first-order valence-electron chi connectivity index (χ1n) is 25.9. The zero-order valence-corrected chi connectivity index (χ0v) is 48.5. The van der Waals surface area contributed by atoms with Crippen LogP contribution in [-0.2, 0) is 50.0 Å². The van der Waals surface area contributed by atoms with Crippen LogP contribution in [0.4, 0.5) is 22.7 Å². The van der Waals surface area contributed by atoms with Gasteiger partial charge in [0.1, 0.15) is 43.1 Å². The lowest BCUT2D eigenvalue weighted by Crippen LogP contribution is -2.11. The Balaban J connectivity index is 0.000000238. The van der Waals surface area contributed by atoms with E-state index in [-0.39, 0.29) is 30.9 Å². The first kappa shape index (κ1) is 63.4. The van der Waals surface area contributed by atoms with Gasteiger partial charge in [0.05, 0.1) is 61.0 Å². The van der Waals surface area contributed by atoms with Crippen LogP contribution in [0.2, 0.25) is 10.0 Å². The molecule has 0 unspecified atom stereocenters. The SMILES string of the molecule is Cc1cc2ncc(C#N)c(Nc3ccc(OCc4ccccn4)c(Cl)c3)c2cc1CC(=O)/C=C/CN(C)C.Cc1cc2ncc(C#N)c(Nc3ccc(OCc4ccccn4)c(Cl)c3)c2cc1CC(=O)/C=C/CN(C)C.O=CO/C=C\C(=O)O. The number of likely N-dealkylation sites (N-methyl/N-ethyl adjacent to an activating group) is 2. The Morgan fingerprint density at radius 2 is 1.06 bits per heavy atom. The van der Waals surface area contributed by atoms with Crippen LogP contribution in [0.1, 0.15) is 44.8 Å². The number of carboxylic acid groups (broad SMARTS) is 1. The van der Waals surface area contributed by atoms with Crippen LogP contribution in [0.3, 0.4) is 0 Å². The highest BCUT2D eigenvalue weighted by molar-refractivity contribution is 6.32. The summed E-state index contributed by atoms with van der Waals surface area (Å²) in [6.07, 6.45) is 15.5. The molecule has 4 heterocycles. The van der Waals surface area contributed by atoms with Crippen molar-refractivity contribution in [1.82, 2.24) is 29.7 Å². The highest BCUT2D eigenvalue weighted by Gasteiger charge is 2.17. The number of aromatic nitrogens is 4. The quantitative estimate of drug-likeness (QED) is 0.0306. The normalized spacial score (nSPS) is 11.0. The van der Waals surface area contributed by atoms with Gasteiger partial charge in [-0.15, -0.1) is 0 Å². The Labute approximate surface area is 496 Å². The van der Waals surface area contributed by atoms with E-state index in [9.17, 15) is 29.7 Å². The Morgan fingerprint density at radius 3 is 1.42 bits per heavy atom. The highest BCUT2D eigenvalue weighted by atomic mass is 35.5. The number of carboxylic acids is 1. The summed E-state index contributed by atoms with van der Waals surface area (Å²) in [5, 5.41) is 36.5. The van der Waals surface area contributed by atoms with E-state index in [2.05, 4.69) is 47.4 Å². The van der Waals surface area contributed by atoms with Crippen molar-refractivity contribution in [2.75, 3.05) is 51.9 Å². The third kappa shape index (κ3) is 19.4. The molecule has 0 atom stereocenters. The maximum Gasteiger partial charge on any atom is 0.331 e. The van der Waals surface area contributed by atoms with Gasteiger partial charge in [-0.25, -0.2) is 4.79 Å². The molecular weight excluding hydrogens is 1110 g/mol. The van der Waals surface area contributed by atoms with Gasteiger partial charge in [0, 0.05) is 72.9 Å². The molecule has 0 fully saturated rings. The molecule has 0 aliphatic heterocycles. The fourth-order valence-corrected chi connectivity index (χ4v) is 8.43. The number of aryl methyl sites for hydroxylation is 2. The van der Waals surface area contributed by atoms with Gasteiger partial charge in [0.25, 0.3) is 6.47 Å². The molecule has 20 heteroatoms. The number of halogens is 2. The molecule has 0 saturated heterocycles. The number of ether oxygens (including phenoxy) is 3. The zero-order valence-electron chi connectivity index (χ0n) is 47.0. The van der Waals surface area contributed by atoms with Crippen LogP contribution in [0.5, 0.6) is 11.5 Å². The second kappa shape index (κ2) is 32.0. The largest absolute Gasteiger partial charge is 0.486 e. The van der Waals surface area contributed by atoms with Crippen molar-refractivity contribution in [1.29, 1.82) is 10.5 Å². The van der Waals surface area contributed by atoms with Crippen LogP contribution >= 0.6 is 23.2 Å². The molecule has 0 radical (unpaired) electrons. The smallest absolute Gasteiger partial charge is 0.331 e. The fourth-order valence-electron chi connectivity index (χ4n) is 7.96. The number of rotatable bonds is 23. The van der Waals surface area contributed by atoms with E-state index in [1.54, 1.807) is 61.2 Å². The van der Waals surface area contributed by atoms with Crippen LogP contribution in [0.25, 0.3) is 21.8 Å². The standard InChI is InChI=1S/2C30H28ClN5O2.C4H4O4/c2*1-20-13-28-26(15-21(20)14-25(37)8-6-12-36(2)3)30(22(17-32)18-34-28)35-23-9-10-29(27(31)16-23)38-19-24-7-4-5-11-33-24;5-3-8-2-1-4(6)7/h2*4-11,13,15-16,18H,12,14,19H2,1-3H3,(H,34,35);1-3H,(H,6,7)/b2*8-6+;2-1-. The van der Waals surface area contributed by atoms with Crippen LogP contribution in [0.15, 0.2) is 158 Å². The number of hydrogen-bond acceptors (Lipinski definition) is 17. The number of nitrogens with one attached hydrogen (secondary N) is 2. The summed E-state index contributed by atoms with van der Waals surface area (Å²) in [6.45, 7) is 6.05. The fraction of sp³-hybridized carbons (Fsp3) is 0.188. The molecule has 0 aliphatic carbocycles. The lowest BCUT2D eigenvalue weighted by atomic mass is 9.98. The highest BCUT2D eigenvalue weighted by Crippen LogP contribution is 2.36. The summed E-state index contributed by atoms with van der Waals surface area (Å²) in [5.41, 5.74) is 10.1. The predicted molar refractivity (Wildman–Crippen MR) is 326 cm³/mol. The minimum absolute atomic E-state index is 0.0151. The number of pyridine rings is 4. The Kier molecular flexibility index (Phi) is 24.1. The van der Waals surface area contributed by atoms with Crippen LogP contribution in [0, 0.1) is 36.5 Å². The number of carbonyl (C=O) groups excluding carboxylic acids is 3. The van der Waals surface area contributed by atoms with Crippen molar-refractivity contribution in [2.24, 2.45) is 0 Å². The molecule has 8 aromatic rings. The zero-order chi connectivity index (χ0) is 60.5.